The number of nitrogens with zero attached hydrogens (tertiary/aromatic N) is 3. The van der Waals surface area contributed by atoms with Crippen molar-refractivity contribution in [3.05, 3.63) is 29.8 Å². The number of rotatable bonds is 3. The third kappa shape index (κ3) is 2.16. The van der Waals surface area contributed by atoms with Crippen LogP contribution in [0, 0.1) is 0 Å². The van der Waals surface area contributed by atoms with Crippen LogP contribution in [0.25, 0.3) is 0 Å². The molecule has 0 aliphatic carbocycles. The number of carbonyl (C=O) groups excluding carboxylic acids is 2. The van der Waals surface area contributed by atoms with Gasteiger partial charge in [-0.05, 0) is 43.4 Å². The predicted molar refractivity (Wildman–Crippen MR) is 83.6 cm³/mol. The second-order valence-corrected chi connectivity index (χ2v) is 6.42. The van der Waals surface area contributed by atoms with E-state index in [-0.39, 0.29) is 18.0 Å². The third-order valence-electron chi connectivity index (χ3n) is 5.03. The highest BCUT2D eigenvalue weighted by Crippen LogP contribution is 2.29. The number of imide groups is 1. The first-order valence-corrected chi connectivity index (χ1v) is 8.20. The zero-order valence-corrected chi connectivity index (χ0v) is 12.7. The molecule has 116 valence electrons. The Balaban J connectivity index is 1.47. The Hall–Kier alpha value is -2.04. The van der Waals surface area contributed by atoms with Crippen LogP contribution in [0.4, 0.5) is 10.5 Å². The van der Waals surface area contributed by atoms with Crippen molar-refractivity contribution in [3.63, 3.8) is 0 Å². The van der Waals surface area contributed by atoms with Gasteiger partial charge in [0.1, 0.15) is 6.04 Å². The van der Waals surface area contributed by atoms with E-state index < -0.39 is 0 Å². The molecule has 3 aliphatic heterocycles. The SMILES string of the molecule is O=C1C2CCCN2C(=O)N1Cc1ccc(N2CCCC2)cc1. The summed E-state index contributed by atoms with van der Waals surface area (Å²) in [5.74, 6) is -0.0221. The number of carbonyl (C=O) groups is 2. The largest absolute Gasteiger partial charge is 0.372 e. The van der Waals surface area contributed by atoms with Gasteiger partial charge in [0.15, 0.2) is 0 Å². The van der Waals surface area contributed by atoms with E-state index in [1.807, 2.05) is 12.1 Å². The van der Waals surface area contributed by atoms with Crippen molar-refractivity contribution in [3.8, 4) is 0 Å². The zero-order chi connectivity index (χ0) is 15.1. The summed E-state index contributed by atoms with van der Waals surface area (Å²) in [6.07, 6.45) is 4.28. The molecule has 3 fully saturated rings. The first-order valence-electron chi connectivity index (χ1n) is 8.20. The summed E-state index contributed by atoms with van der Waals surface area (Å²) in [7, 11) is 0. The lowest BCUT2D eigenvalue weighted by Gasteiger charge is -2.19. The standard InChI is InChI=1S/C17H21N3O2/c21-16-15-4-3-11-19(15)17(22)20(16)12-13-5-7-14(8-6-13)18-9-1-2-10-18/h5-8,15H,1-4,9-12H2. The van der Waals surface area contributed by atoms with Gasteiger partial charge in [-0.25, -0.2) is 4.79 Å². The molecule has 3 saturated heterocycles. The maximum atomic E-state index is 12.3. The average molecular weight is 299 g/mol. The molecule has 0 bridgehead atoms. The van der Waals surface area contributed by atoms with Gasteiger partial charge >= 0.3 is 6.03 Å². The molecule has 1 aromatic rings. The van der Waals surface area contributed by atoms with Gasteiger partial charge in [0.05, 0.1) is 6.54 Å². The highest BCUT2D eigenvalue weighted by atomic mass is 16.2. The number of fused-ring (bicyclic) bond motifs is 1. The fourth-order valence-electron chi connectivity index (χ4n) is 3.80. The number of amides is 3. The van der Waals surface area contributed by atoms with Crippen molar-refractivity contribution in [2.24, 2.45) is 0 Å². The molecule has 1 atom stereocenters. The molecule has 1 unspecified atom stereocenters. The summed E-state index contributed by atoms with van der Waals surface area (Å²) < 4.78 is 0. The fraction of sp³-hybridized carbons (Fsp3) is 0.529. The highest BCUT2D eigenvalue weighted by molar-refractivity contribution is 6.04. The van der Waals surface area contributed by atoms with E-state index in [0.29, 0.717) is 6.54 Å². The molecular weight excluding hydrogens is 278 g/mol. The summed E-state index contributed by atoms with van der Waals surface area (Å²) >= 11 is 0. The van der Waals surface area contributed by atoms with Crippen LogP contribution in [0.5, 0.6) is 0 Å². The minimum absolute atomic E-state index is 0.0221. The van der Waals surface area contributed by atoms with Gasteiger partial charge in [-0.2, -0.15) is 0 Å². The van der Waals surface area contributed by atoms with Crippen LogP contribution in [0.15, 0.2) is 24.3 Å². The number of hydrogen-bond acceptors (Lipinski definition) is 3. The molecule has 5 nitrogen and oxygen atoms in total. The lowest BCUT2D eigenvalue weighted by atomic mass is 10.1. The highest BCUT2D eigenvalue weighted by Gasteiger charge is 2.47. The lowest BCUT2D eigenvalue weighted by molar-refractivity contribution is -0.128. The molecule has 0 spiro atoms. The van der Waals surface area contributed by atoms with E-state index in [1.165, 1.54) is 23.4 Å². The van der Waals surface area contributed by atoms with Crippen molar-refractivity contribution in [1.29, 1.82) is 0 Å². The van der Waals surface area contributed by atoms with E-state index in [1.54, 1.807) is 4.90 Å². The average Bonchev–Trinajstić information content (AvgIpc) is 3.25. The Bertz CT molecular complexity index is 570. The third-order valence-corrected chi connectivity index (χ3v) is 5.03. The molecular formula is C17H21N3O2. The predicted octanol–water partition coefficient (Wildman–Crippen LogP) is 2.21. The topological polar surface area (TPSA) is 43.9 Å². The molecule has 3 aliphatic rings. The maximum Gasteiger partial charge on any atom is 0.327 e. The molecule has 0 aromatic heterocycles. The Morgan fingerprint density at radius 1 is 0.955 bits per heavy atom. The van der Waals surface area contributed by atoms with Crippen molar-refractivity contribution >= 4 is 17.6 Å². The minimum Gasteiger partial charge on any atom is -0.372 e. The van der Waals surface area contributed by atoms with E-state index in [9.17, 15) is 9.59 Å². The van der Waals surface area contributed by atoms with Crippen LogP contribution in [0.2, 0.25) is 0 Å². The van der Waals surface area contributed by atoms with Gasteiger partial charge in [0.25, 0.3) is 5.91 Å². The van der Waals surface area contributed by atoms with Gasteiger partial charge in [-0.1, -0.05) is 12.1 Å². The van der Waals surface area contributed by atoms with Crippen molar-refractivity contribution in [2.75, 3.05) is 24.5 Å². The molecule has 4 rings (SSSR count). The molecule has 3 heterocycles. The quantitative estimate of drug-likeness (QED) is 0.804. The van der Waals surface area contributed by atoms with E-state index >= 15 is 0 Å². The number of hydrogen-bond donors (Lipinski definition) is 0. The second-order valence-electron chi connectivity index (χ2n) is 6.42. The molecule has 0 radical (unpaired) electrons. The first kappa shape index (κ1) is 13.6. The smallest absolute Gasteiger partial charge is 0.327 e. The number of anilines is 1. The molecule has 3 amide bonds. The summed E-state index contributed by atoms with van der Waals surface area (Å²) in [5, 5.41) is 0. The second kappa shape index (κ2) is 5.30. The van der Waals surface area contributed by atoms with Crippen molar-refractivity contribution in [2.45, 2.75) is 38.3 Å². The Kier molecular flexibility index (Phi) is 3.28. The molecule has 1 aromatic carbocycles. The van der Waals surface area contributed by atoms with Crippen LogP contribution < -0.4 is 4.90 Å². The van der Waals surface area contributed by atoms with Crippen molar-refractivity contribution in [1.82, 2.24) is 9.80 Å². The van der Waals surface area contributed by atoms with Crippen LogP contribution >= 0.6 is 0 Å². The van der Waals surface area contributed by atoms with Gasteiger partial charge < -0.3 is 9.80 Å². The summed E-state index contributed by atoms with van der Waals surface area (Å²) in [6, 6.07) is 7.97. The summed E-state index contributed by atoms with van der Waals surface area (Å²) in [5.41, 5.74) is 2.26. The van der Waals surface area contributed by atoms with Crippen LogP contribution in [-0.2, 0) is 11.3 Å². The molecule has 0 N–H and O–H groups in total. The van der Waals surface area contributed by atoms with Gasteiger partial charge in [0.2, 0.25) is 0 Å². The normalized spacial score (nSPS) is 24.5. The summed E-state index contributed by atoms with van der Waals surface area (Å²) in [6.45, 7) is 3.36. The van der Waals surface area contributed by atoms with Crippen LogP contribution in [-0.4, -0.2) is 47.4 Å². The zero-order valence-electron chi connectivity index (χ0n) is 12.7. The maximum absolute atomic E-state index is 12.3. The fourth-order valence-corrected chi connectivity index (χ4v) is 3.80. The Morgan fingerprint density at radius 2 is 1.68 bits per heavy atom. The van der Waals surface area contributed by atoms with E-state index in [0.717, 1.165) is 38.0 Å². The van der Waals surface area contributed by atoms with Gasteiger partial charge in [0, 0.05) is 25.3 Å². The number of benzene rings is 1. The molecule has 22 heavy (non-hydrogen) atoms. The van der Waals surface area contributed by atoms with E-state index in [2.05, 4.69) is 17.0 Å². The lowest BCUT2D eigenvalue weighted by Crippen LogP contribution is -2.32. The molecule has 0 saturated carbocycles. The Morgan fingerprint density at radius 3 is 2.36 bits per heavy atom. The van der Waals surface area contributed by atoms with Crippen LogP contribution in [0.1, 0.15) is 31.2 Å². The van der Waals surface area contributed by atoms with E-state index in [4.69, 9.17) is 0 Å². The Labute approximate surface area is 130 Å². The van der Waals surface area contributed by atoms with Gasteiger partial charge in [-0.15, -0.1) is 0 Å². The minimum atomic E-state index is -0.198. The van der Waals surface area contributed by atoms with Crippen LogP contribution in [0.3, 0.4) is 0 Å². The summed E-state index contributed by atoms with van der Waals surface area (Å²) in [4.78, 5) is 30.1. The number of urea groups is 1. The monoisotopic (exact) mass is 299 g/mol. The van der Waals surface area contributed by atoms with Gasteiger partial charge in [-0.3, -0.25) is 9.69 Å². The van der Waals surface area contributed by atoms with Crippen molar-refractivity contribution < 1.29 is 9.59 Å². The molecule has 5 heteroatoms. The first-order chi connectivity index (χ1) is 10.7.